The lowest BCUT2D eigenvalue weighted by Crippen LogP contribution is -2.40. The maximum Gasteiger partial charge on any atom is 0.190 e. The van der Waals surface area contributed by atoms with Crippen molar-refractivity contribution in [3.8, 4) is 0 Å². The number of guanidine groups is 1. The van der Waals surface area contributed by atoms with Gasteiger partial charge in [-0.05, 0) is 62.8 Å². The van der Waals surface area contributed by atoms with Gasteiger partial charge in [0.25, 0.3) is 0 Å². The van der Waals surface area contributed by atoms with E-state index in [0.717, 1.165) is 56.9 Å². The molecular weight excluding hydrogens is 310 g/mol. The van der Waals surface area contributed by atoms with Gasteiger partial charge >= 0.3 is 0 Å². The third-order valence-corrected chi connectivity index (χ3v) is 5.11. The van der Waals surface area contributed by atoms with Crippen LogP contribution in [0, 0.1) is 5.92 Å². The number of benzene rings is 1. The first-order valence-corrected chi connectivity index (χ1v) is 9.90. The predicted molar refractivity (Wildman–Crippen MR) is 106 cm³/mol. The van der Waals surface area contributed by atoms with E-state index < -0.39 is 0 Å². The Morgan fingerprint density at radius 2 is 1.84 bits per heavy atom. The van der Waals surface area contributed by atoms with Gasteiger partial charge in [0.2, 0.25) is 0 Å². The first-order valence-electron chi connectivity index (χ1n) is 9.90. The minimum atomic E-state index is 0.750. The van der Waals surface area contributed by atoms with Crippen molar-refractivity contribution in [3.63, 3.8) is 0 Å². The van der Waals surface area contributed by atoms with Crippen LogP contribution in [0.4, 0.5) is 0 Å². The molecule has 0 unspecified atom stereocenters. The second-order valence-electron chi connectivity index (χ2n) is 6.91. The minimum absolute atomic E-state index is 0.750. The molecule has 0 aliphatic heterocycles. The molecule has 0 aromatic heterocycles. The average molecular weight is 346 g/mol. The highest BCUT2D eigenvalue weighted by Crippen LogP contribution is 2.35. The van der Waals surface area contributed by atoms with Crippen LogP contribution >= 0.6 is 0 Å². The molecule has 1 aromatic rings. The molecule has 1 saturated carbocycles. The van der Waals surface area contributed by atoms with Crippen LogP contribution in [0.3, 0.4) is 0 Å². The van der Waals surface area contributed by atoms with Crippen LogP contribution in [0.25, 0.3) is 0 Å². The molecule has 0 amide bonds. The lowest BCUT2D eigenvalue weighted by Gasteiger charge is -2.29. The van der Waals surface area contributed by atoms with Gasteiger partial charge in [0, 0.05) is 33.4 Å². The van der Waals surface area contributed by atoms with Crippen molar-refractivity contribution < 1.29 is 4.74 Å². The Morgan fingerprint density at radius 3 is 2.52 bits per heavy atom. The Morgan fingerprint density at radius 1 is 1.08 bits per heavy atom. The van der Waals surface area contributed by atoms with Gasteiger partial charge in [0.05, 0.1) is 0 Å². The smallest absolute Gasteiger partial charge is 0.190 e. The number of nitrogens with zero attached hydrogens (tertiary/aromatic N) is 1. The van der Waals surface area contributed by atoms with E-state index in [-0.39, 0.29) is 0 Å². The van der Waals surface area contributed by atoms with E-state index in [2.05, 4.69) is 46.0 Å². The van der Waals surface area contributed by atoms with Crippen LogP contribution in [0.15, 0.2) is 35.3 Å². The summed E-state index contributed by atoms with van der Waals surface area (Å²) >= 11 is 0. The monoisotopic (exact) mass is 345 g/mol. The van der Waals surface area contributed by atoms with Crippen molar-refractivity contribution in [1.82, 2.24) is 10.6 Å². The Bertz CT molecular complexity index is 481. The highest BCUT2D eigenvalue weighted by molar-refractivity contribution is 5.79. The minimum Gasteiger partial charge on any atom is -0.382 e. The number of aliphatic imine (C=N–C) groups is 1. The predicted octanol–water partition coefficient (Wildman–Crippen LogP) is 3.94. The SMILES string of the molecule is CCOCCCCNC(=NC)NCC1CCC(c2ccccc2)CC1. The number of rotatable bonds is 9. The van der Waals surface area contributed by atoms with Crippen LogP contribution in [0.2, 0.25) is 0 Å². The van der Waals surface area contributed by atoms with Gasteiger partial charge in [0.1, 0.15) is 0 Å². The van der Waals surface area contributed by atoms with Gasteiger partial charge < -0.3 is 15.4 Å². The van der Waals surface area contributed by atoms with E-state index >= 15 is 0 Å². The number of unbranched alkanes of at least 4 members (excludes halogenated alkanes) is 1. The van der Waals surface area contributed by atoms with Gasteiger partial charge in [-0.25, -0.2) is 0 Å². The molecule has 4 nitrogen and oxygen atoms in total. The van der Waals surface area contributed by atoms with Crippen LogP contribution in [0.1, 0.15) is 56.9 Å². The van der Waals surface area contributed by atoms with Crippen molar-refractivity contribution in [2.24, 2.45) is 10.9 Å². The molecule has 1 aliphatic carbocycles. The van der Waals surface area contributed by atoms with Gasteiger partial charge in [-0.3, -0.25) is 4.99 Å². The summed E-state index contributed by atoms with van der Waals surface area (Å²) in [4.78, 5) is 4.33. The fourth-order valence-electron chi connectivity index (χ4n) is 3.57. The molecule has 2 N–H and O–H groups in total. The zero-order valence-electron chi connectivity index (χ0n) is 16.0. The average Bonchev–Trinajstić information content (AvgIpc) is 2.68. The van der Waals surface area contributed by atoms with Crippen molar-refractivity contribution >= 4 is 5.96 Å². The summed E-state index contributed by atoms with van der Waals surface area (Å²) in [7, 11) is 1.85. The number of ether oxygens (including phenoxy) is 1. The number of hydrogen-bond donors (Lipinski definition) is 2. The van der Waals surface area contributed by atoms with Crippen LogP contribution in [-0.4, -0.2) is 39.3 Å². The molecule has 1 aliphatic rings. The molecule has 25 heavy (non-hydrogen) atoms. The van der Waals surface area contributed by atoms with E-state index in [1.165, 1.54) is 31.2 Å². The zero-order chi connectivity index (χ0) is 17.7. The van der Waals surface area contributed by atoms with E-state index in [1.54, 1.807) is 0 Å². The maximum absolute atomic E-state index is 5.36. The third-order valence-electron chi connectivity index (χ3n) is 5.11. The highest BCUT2D eigenvalue weighted by Gasteiger charge is 2.22. The van der Waals surface area contributed by atoms with Crippen LogP contribution in [-0.2, 0) is 4.74 Å². The second-order valence-corrected chi connectivity index (χ2v) is 6.91. The Hall–Kier alpha value is -1.55. The molecule has 1 fully saturated rings. The number of nitrogens with one attached hydrogen (secondary N) is 2. The van der Waals surface area contributed by atoms with E-state index in [4.69, 9.17) is 4.74 Å². The quantitative estimate of drug-likeness (QED) is 0.405. The van der Waals surface area contributed by atoms with Gasteiger partial charge in [0.15, 0.2) is 5.96 Å². The molecule has 0 atom stereocenters. The van der Waals surface area contributed by atoms with Gasteiger partial charge in [-0.2, -0.15) is 0 Å². The van der Waals surface area contributed by atoms with Gasteiger partial charge in [-0.15, -0.1) is 0 Å². The maximum atomic E-state index is 5.36. The Labute approximate surface area is 153 Å². The summed E-state index contributed by atoms with van der Waals surface area (Å²) in [5.41, 5.74) is 1.51. The molecule has 0 saturated heterocycles. The molecule has 4 heteroatoms. The standard InChI is InChI=1S/C21H35N3O/c1-3-25-16-8-7-15-23-21(22-2)24-17-18-11-13-20(14-12-18)19-9-5-4-6-10-19/h4-6,9-10,18,20H,3,7-8,11-17H2,1-2H3,(H2,22,23,24). The van der Waals surface area contributed by atoms with E-state index in [9.17, 15) is 0 Å². The summed E-state index contributed by atoms with van der Waals surface area (Å²) in [5.74, 6) is 2.44. The van der Waals surface area contributed by atoms with E-state index in [1.807, 2.05) is 14.0 Å². The molecule has 0 radical (unpaired) electrons. The van der Waals surface area contributed by atoms with Crippen molar-refractivity contribution in [2.75, 3.05) is 33.4 Å². The Balaban J connectivity index is 1.59. The number of hydrogen-bond acceptors (Lipinski definition) is 2. The lowest BCUT2D eigenvalue weighted by molar-refractivity contribution is 0.143. The molecule has 2 rings (SSSR count). The summed E-state index contributed by atoms with van der Waals surface area (Å²) < 4.78 is 5.36. The van der Waals surface area contributed by atoms with Gasteiger partial charge in [-0.1, -0.05) is 30.3 Å². The van der Waals surface area contributed by atoms with Crippen molar-refractivity contribution in [2.45, 2.75) is 51.4 Å². The molecule has 140 valence electrons. The lowest BCUT2D eigenvalue weighted by atomic mass is 9.79. The fourth-order valence-corrected chi connectivity index (χ4v) is 3.57. The normalized spacial score (nSPS) is 21.1. The molecule has 0 spiro atoms. The topological polar surface area (TPSA) is 45.6 Å². The third kappa shape index (κ3) is 7.47. The highest BCUT2D eigenvalue weighted by atomic mass is 16.5. The molecule has 0 bridgehead atoms. The summed E-state index contributed by atoms with van der Waals surface area (Å²) in [5, 5.41) is 6.91. The summed E-state index contributed by atoms with van der Waals surface area (Å²) in [6, 6.07) is 11.0. The fraction of sp³-hybridized carbons (Fsp3) is 0.667. The first kappa shape index (κ1) is 19.8. The molecular formula is C21H35N3O. The van der Waals surface area contributed by atoms with E-state index in [0.29, 0.717) is 0 Å². The summed E-state index contributed by atoms with van der Waals surface area (Å²) in [6.45, 7) is 5.68. The van der Waals surface area contributed by atoms with Crippen molar-refractivity contribution in [1.29, 1.82) is 0 Å². The van der Waals surface area contributed by atoms with Crippen LogP contribution < -0.4 is 10.6 Å². The first-order chi connectivity index (χ1) is 12.3. The van der Waals surface area contributed by atoms with Crippen molar-refractivity contribution in [3.05, 3.63) is 35.9 Å². The summed E-state index contributed by atoms with van der Waals surface area (Å²) in [6.07, 6.45) is 7.43. The molecule has 0 heterocycles. The molecule has 1 aromatic carbocycles. The second kappa shape index (κ2) is 11.9. The largest absolute Gasteiger partial charge is 0.382 e. The Kier molecular flexibility index (Phi) is 9.42. The van der Waals surface area contributed by atoms with Crippen LogP contribution in [0.5, 0.6) is 0 Å². The zero-order valence-corrected chi connectivity index (χ0v) is 16.0.